The minimum Gasteiger partial charge on any atom is -0.474 e. The maximum absolute atomic E-state index is 12.7. The number of nitrogens with zero attached hydrogens (tertiary/aromatic N) is 4. The normalized spacial score (nSPS) is 17.0. The summed E-state index contributed by atoms with van der Waals surface area (Å²) in [5.74, 6) is -0.287. The second-order valence-corrected chi connectivity index (χ2v) is 5.18. The molecular formula is C14H16F2N4O3. The van der Waals surface area contributed by atoms with Gasteiger partial charge in [-0.05, 0) is 13.8 Å². The van der Waals surface area contributed by atoms with E-state index in [-0.39, 0.29) is 24.0 Å². The van der Waals surface area contributed by atoms with Crippen molar-refractivity contribution in [1.82, 2.24) is 19.6 Å². The van der Waals surface area contributed by atoms with Crippen molar-refractivity contribution in [3.8, 4) is 17.1 Å². The van der Waals surface area contributed by atoms with E-state index in [0.29, 0.717) is 22.7 Å². The SMILES string of the molecule is CCOC(=O)c1c(-c2cnn(C(F)F)c2)nn2c1O[C@H](C)CC2. The molecule has 0 saturated heterocycles. The van der Waals surface area contributed by atoms with Crippen molar-refractivity contribution in [2.45, 2.75) is 39.5 Å². The molecule has 3 rings (SSSR count). The van der Waals surface area contributed by atoms with Crippen LogP contribution in [-0.2, 0) is 11.3 Å². The third-order valence-electron chi connectivity index (χ3n) is 3.52. The van der Waals surface area contributed by atoms with Gasteiger partial charge in [0.2, 0.25) is 5.88 Å². The van der Waals surface area contributed by atoms with Gasteiger partial charge in [-0.3, -0.25) is 0 Å². The minimum atomic E-state index is -2.76. The molecule has 2 aromatic heterocycles. The Hall–Kier alpha value is -2.45. The topological polar surface area (TPSA) is 71.2 Å². The molecule has 0 saturated carbocycles. The van der Waals surface area contributed by atoms with Gasteiger partial charge in [0.25, 0.3) is 0 Å². The molecule has 0 fully saturated rings. The Labute approximate surface area is 130 Å². The molecule has 7 nitrogen and oxygen atoms in total. The van der Waals surface area contributed by atoms with E-state index in [4.69, 9.17) is 9.47 Å². The van der Waals surface area contributed by atoms with Crippen molar-refractivity contribution >= 4 is 5.97 Å². The number of carbonyl (C=O) groups excluding carboxylic acids is 1. The summed E-state index contributed by atoms with van der Waals surface area (Å²) >= 11 is 0. The summed E-state index contributed by atoms with van der Waals surface area (Å²) in [4.78, 5) is 12.3. The molecule has 0 N–H and O–H groups in total. The molecule has 1 aliphatic rings. The Bertz CT molecular complexity index is 726. The number of esters is 1. The number of fused-ring (bicyclic) bond motifs is 1. The fourth-order valence-electron chi connectivity index (χ4n) is 2.43. The number of ether oxygens (including phenoxy) is 2. The van der Waals surface area contributed by atoms with Crippen LogP contribution in [0.25, 0.3) is 11.3 Å². The lowest BCUT2D eigenvalue weighted by atomic mass is 10.1. The summed E-state index contributed by atoms with van der Waals surface area (Å²) in [6.45, 7) is 1.58. The van der Waals surface area contributed by atoms with Crippen molar-refractivity contribution in [2.24, 2.45) is 0 Å². The van der Waals surface area contributed by atoms with E-state index < -0.39 is 12.5 Å². The third-order valence-corrected chi connectivity index (χ3v) is 3.52. The van der Waals surface area contributed by atoms with Crippen LogP contribution in [0.3, 0.4) is 0 Å². The van der Waals surface area contributed by atoms with Crippen LogP contribution in [-0.4, -0.2) is 38.2 Å². The summed E-state index contributed by atoms with van der Waals surface area (Å²) < 4.78 is 38.3. The third kappa shape index (κ3) is 2.78. The smallest absolute Gasteiger partial charge is 0.345 e. The molecule has 3 heterocycles. The predicted molar refractivity (Wildman–Crippen MR) is 75.4 cm³/mol. The van der Waals surface area contributed by atoms with Gasteiger partial charge < -0.3 is 9.47 Å². The largest absolute Gasteiger partial charge is 0.474 e. The molecule has 23 heavy (non-hydrogen) atoms. The van der Waals surface area contributed by atoms with Gasteiger partial charge >= 0.3 is 12.5 Å². The van der Waals surface area contributed by atoms with E-state index in [9.17, 15) is 13.6 Å². The van der Waals surface area contributed by atoms with E-state index in [0.717, 1.165) is 12.6 Å². The van der Waals surface area contributed by atoms with E-state index in [1.54, 1.807) is 11.6 Å². The molecular weight excluding hydrogens is 310 g/mol. The van der Waals surface area contributed by atoms with Gasteiger partial charge in [0.15, 0.2) is 0 Å². The van der Waals surface area contributed by atoms with Crippen LogP contribution in [0.2, 0.25) is 0 Å². The predicted octanol–water partition coefficient (Wildman–Crippen LogP) is 2.49. The monoisotopic (exact) mass is 326 g/mol. The summed E-state index contributed by atoms with van der Waals surface area (Å²) in [6, 6.07) is 0. The Kier molecular flexibility index (Phi) is 4.01. The Morgan fingerprint density at radius 2 is 2.35 bits per heavy atom. The maximum Gasteiger partial charge on any atom is 0.345 e. The molecule has 2 aromatic rings. The van der Waals surface area contributed by atoms with Gasteiger partial charge in [-0.25, -0.2) is 14.2 Å². The van der Waals surface area contributed by atoms with E-state index in [2.05, 4.69) is 10.2 Å². The van der Waals surface area contributed by atoms with Crippen LogP contribution in [0.5, 0.6) is 5.88 Å². The lowest BCUT2D eigenvalue weighted by Gasteiger charge is -2.21. The molecule has 0 aliphatic carbocycles. The highest BCUT2D eigenvalue weighted by molar-refractivity contribution is 5.98. The molecule has 0 unspecified atom stereocenters. The van der Waals surface area contributed by atoms with Crippen molar-refractivity contribution in [3.05, 3.63) is 18.0 Å². The maximum atomic E-state index is 12.7. The summed E-state index contributed by atoms with van der Waals surface area (Å²) in [6.07, 6.45) is 3.06. The quantitative estimate of drug-likeness (QED) is 0.807. The van der Waals surface area contributed by atoms with Gasteiger partial charge in [-0.1, -0.05) is 0 Å². The number of aromatic nitrogens is 4. The fraction of sp³-hybridized carbons (Fsp3) is 0.500. The van der Waals surface area contributed by atoms with Gasteiger partial charge in [0.05, 0.1) is 18.9 Å². The zero-order valence-corrected chi connectivity index (χ0v) is 12.7. The number of rotatable bonds is 4. The molecule has 1 aliphatic heterocycles. The molecule has 1 atom stereocenters. The number of alkyl halides is 2. The van der Waals surface area contributed by atoms with Crippen LogP contribution < -0.4 is 4.74 Å². The average molecular weight is 326 g/mol. The Morgan fingerprint density at radius 1 is 1.57 bits per heavy atom. The molecule has 124 valence electrons. The Balaban J connectivity index is 2.09. The second-order valence-electron chi connectivity index (χ2n) is 5.18. The molecule has 0 radical (unpaired) electrons. The first-order chi connectivity index (χ1) is 11.0. The van der Waals surface area contributed by atoms with Gasteiger partial charge in [-0.15, -0.1) is 0 Å². The van der Waals surface area contributed by atoms with Crippen LogP contribution in [0.4, 0.5) is 8.78 Å². The number of aryl methyl sites for hydroxylation is 1. The van der Waals surface area contributed by atoms with Crippen LogP contribution >= 0.6 is 0 Å². The second kappa shape index (κ2) is 5.98. The highest BCUT2D eigenvalue weighted by Gasteiger charge is 2.31. The van der Waals surface area contributed by atoms with Crippen molar-refractivity contribution in [2.75, 3.05) is 6.61 Å². The first-order valence-electron chi connectivity index (χ1n) is 7.28. The van der Waals surface area contributed by atoms with Crippen molar-refractivity contribution in [3.63, 3.8) is 0 Å². The highest BCUT2D eigenvalue weighted by Crippen LogP contribution is 2.34. The Morgan fingerprint density at radius 3 is 3.00 bits per heavy atom. The van der Waals surface area contributed by atoms with Gasteiger partial charge in [0, 0.05) is 24.7 Å². The lowest BCUT2D eigenvalue weighted by molar-refractivity contribution is 0.0514. The molecule has 0 spiro atoms. The summed E-state index contributed by atoms with van der Waals surface area (Å²) in [5, 5.41) is 7.91. The minimum absolute atomic E-state index is 0.0657. The number of halogens is 2. The number of hydrogen-bond acceptors (Lipinski definition) is 5. The summed E-state index contributed by atoms with van der Waals surface area (Å²) in [5.41, 5.74) is 0.693. The van der Waals surface area contributed by atoms with Crippen LogP contribution in [0.15, 0.2) is 12.4 Å². The first-order valence-corrected chi connectivity index (χ1v) is 7.28. The summed E-state index contributed by atoms with van der Waals surface area (Å²) in [7, 11) is 0. The van der Waals surface area contributed by atoms with Crippen LogP contribution in [0, 0.1) is 0 Å². The van der Waals surface area contributed by atoms with E-state index in [1.165, 1.54) is 6.20 Å². The average Bonchev–Trinajstić information content (AvgIpc) is 3.11. The van der Waals surface area contributed by atoms with Gasteiger partial charge in [0.1, 0.15) is 11.3 Å². The molecule has 0 bridgehead atoms. The molecule has 9 heteroatoms. The molecule has 0 amide bonds. The zero-order chi connectivity index (χ0) is 16.6. The zero-order valence-electron chi connectivity index (χ0n) is 12.7. The van der Waals surface area contributed by atoms with Crippen LogP contribution in [0.1, 0.15) is 37.2 Å². The lowest BCUT2D eigenvalue weighted by Crippen LogP contribution is -2.24. The fourth-order valence-corrected chi connectivity index (χ4v) is 2.43. The van der Waals surface area contributed by atoms with Gasteiger partial charge in [-0.2, -0.15) is 19.0 Å². The number of hydrogen-bond donors (Lipinski definition) is 0. The van der Waals surface area contributed by atoms with E-state index in [1.807, 2.05) is 6.92 Å². The van der Waals surface area contributed by atoms with Crippen molar-refractivity contribution < 1.29 is 23.0 Å². The van der Waals surface area contributed by atoms with E-state index >= 15 is 0 Å². The molecule has 0 aromatic carbocycles. The standard InChI is InChI=1S/C14H16F2N4O3/c1-3-22-13(21)10-11(9-6-17-20(7-9)14(15)16)18-19-5-4-8(2)23-12(10)19/h6-8,14H,3-5H2,1-2H3/t8-/m1/s1. The highest BCUT2D eigenvalue weighted by atomic mass is 19.3. The van der Waals surface area contributed by atoms with Crippen molar-refractivity contribution in [1.29, 1.82) is 0 Å². The first kappa shape index (κ1) is 15.4. The number of carbonyl (C=O) groups is 1.